The summed E-state index contributed by atoms with van der Waals surface area (Å²) < 4.78 is 13.8. The number of nitrogens with one attached hydrogen (secondary N) is 1. The molecule has 0 aliphatic carbocycles. The Kier molecular flexibility index (Phi) is 6.30. The molecule has 30 heavy (non-hydrogen) atoms. The molecule has 3 aromatic carbocycles. The molecule has 3 rings (SSSR count). The molecular formula is C23H16FN3O3. The highest BCUT2D eigenvalue weighted by atomic mass is 19.1. The first kappa shape index (κ1) is 20.4. The molecule has 0 saturated carbocycles. The van der Waals surface area contributed by atoms with Crippen LogP contribution in [0.2, 0.25) is 0 Å². The van der Waals surface area contributed by atoms with Crippen LogP contribution in [0.3, 0.4) is 0 Å². The zero-order valence-electron chi connectivity index (χ0n) is 15.7. The van der Waals surface area contributed by atoms with Crippen molar-refractivity contribution < 1.29 is 14.1 Å². The molecule has 0 heterocycles. The highest BCUT2D eigenvalue weighted by Crippen LogP contribution is 2.19. The minimum absolute atomic E-state index is 0.150. The van der Waals surface area contributed by atoms with Crippen LogP contribution < -0.4 is 5.32 Å². The number of nitrogens with zero attached hydrogens (tertiary/aromatic N) is 2. The zero-order chi connectivity index (χ0) is 21.5. The molecule has 0 fully saturated rings. The van der Waals surface area contributed by atoms with Gasteiger partial charge in [0.05, 0.1) is 4.92 Å². The molecule has 6 nitrogen and oxygen atoms in total. The minimum atomic E-state index is -0.673. The Bertz CT molecular complexity index is 1160. The van der Waals surface area contributed by atoms with Crippen molar-refractivity contribution in [1.29, 1.82) is 5.26 Å². The number of carbonyl (C=O) groups is 1. The Morgan fingerprint density at radius 1 is 1.10 bits per heavy atom. The highest BCUT2D eigenvalue weighted by molar-refractivity contribution is 6.09. The van der Waals surface area contributed by atoms with E-state index in [0.29, 0.717) is 17.5 Å². The summed E-state index contributed by atoms with van der Waals surface area (Å²) in [5.41, 5.74) is 1.99. The third-order valence-electron chi connectivity index (χ3n) is 4.32. The fraction of sp³-hybridized carbons (Fsp3) is 0.0435. The van der Waals surface area contributed by atoms with Gasteiger partial charge in [0.2, 0.25) is 0 Å². The van der Waals surface area contributed by atoms with Crippen LogP contribution >= 0.6 is 0 Å². The summed E-state index contributed by atoms with van der Waals surface area (Å²) in [6, 6.07) is 20.9. The third-order valence-corrected chi connectivity index (χ3v) is 4.32. The summed E-state index contributed by atoms with van der Waals surface area (Å²) in [5, 5.41) is 22.7. The van der Waals surface area contributed by atoms with Gasteiger partial charge in [-0.2, -0.15) is 5.26 Å². The van der Waals surface area contributed by atoms with Crippen molar-refractivity contribution in [2.75, 3.05) is 5.32 Å². The minimum Gasteiger partial charge on any atom is -0.321 e. The number of hydrogen-bond acceptors (Lipinski definition) is 4. The van der Waals surface area contributed by atoms with E-state index in [4.69, 9.17) is 0 Å². The fourth-order valence-corrected chi connectivity index (χ4v) is 2.80. The molecule has 1 amide bonds. The van der Waals surface area contributed by atoms with E-state index in [1.807, 2.05) is 6.07 Å². The van der Waals surface area contributed by atoms with E-state index in [9.17, 15) is 24.6 Å². The predicted octanol–water partition coefficient (Wildman–Crippen LogP) is 4.87. The van der Waals surface area contributed by atoms with Crippen LogP contribution in [0.1, 0.15) is 16.7 Å². The van der Waals surface area contributed by atoms with Gasteiger partial charge in [-0.05, 0) is 34.9 Å². The summed E-state index contributed by atoms with van der Waals surface area (Å²) in [5.74, 6) is -0.945. The Balaban J connectivity index is 1.73. The Labute approximate surface area is 172 Å². The number of nitro benzene ring substituents is 1. The summed E-state index contributed by atoms with van der Waals surface area (Å²) in [6.45, 7) is 0. The van der Waals surface area contributed by atoms with Gasteiger partial charge < -0.3 is 5.32 Å². The van der Waals surface area contributed by atoms with Gasteiger partial charge in [0.1, 0.15) is 17.5 Å². The maximum Gasteiger partial charge on any atom is 0.271 e. The van der Waals surface area contributed by atoms with Crippen molar-refractivity contribution in [3.05, 3.63) is 111 Å². The molecule has 0 saturated heterocycles. The topological polar surface area (TPSA) is 96.0 Å². The van der Waals surface area contributed by atoms with Gasteiger partial charge in [0.15, 0.2) is 0 Å². The van der Waals surface area contributed by atoms with Crippen LogP contribution in [-0.4, -0.2) is 10.8 Å². The van der Waals surface area contributed by atoms with E-state index in [0.717, 1.165) is 5.56 Å². The van der Waals surface area contributed by atoms with Crippen molar-refractivity contribution >= 4 is 23.4 Å². The number of anilines is 1. The van der Waals surface area contributed by atoms with E-state index in [2.05, 4.69) is 5.32 Å². The van der Waals surface area contributed by atoms with Crippen LogP contribution in [0, 0.1) is 27.3 Å². The predicted molar refractivity (Wildman–Crippen MR) is 111 cm³/mol. The van der Waals surface area contributed by atoms with Gasteiger partial charge in [0, 0.05) is 24.2 Å². The van der Waals surface area contributed by atoms with Gasteiger partial charge in [-0.15, -0.1) is 0 Å². The second kappa shape index (κ2) is 9.26. The number of benzene rings is 3. The molecule has 148 valence electrons. The summed E-state index contributed by atoms with van der Waals surface area (Å²) in [4.78, 5) is 22.6. The zero-order valence-corrected chi connectivity index (χ0v) is 15.7. The van der Waals surface area contributed by atoms with Gasteiger partial charge >= 0.3 is 0 Å². The quantitative estimate of drug-likeness (QED) is 0.276. The number of nitro groups is 1. The molecule has 0 spiro atoms. The number of rotatable bonds is 6. The lowest BCUT2D eigenvalue weighted by Crippen LogP contribution is -2.13. The van der Waals surface area contributed by atoms with Crippen molar-refractivity contribution in [3.63, 3.8) is 0 Å². The first-order chi connectivity index (χ1) is 14.5. The highest BCUT2D eigenvalue weighted by Gasteiger charge is 2.12. The van der Waals surface area contributed by atoms with Crippen LogP contribution in [0.5, 0.6) is 0 Å². The third kappa shape index (κ3) is 5.14. The molecule has 3 aromatic rings. The molecule has 0 aliphatic heterocycles. The van der Waals surface area contributed by atoms with Gasteiger partial charge in [0.25, 0.3) is 11.6 Å². The molecule has 0 aromatic heterocycles. The molecule has 0 atom stereocenters. The first-order valence-corrected chi connectivity index (χ1v) is 8.96. The number of nitriles is 1. The van der Waals surface area contributed by atoms with Crippen molar-refractivity contribution in [2.24, 2.45) is 0 Å². The summed E-state index contributed by atoms with van der Waals surface area (Å²) in [7, 11) is 0. The molecular weight excluding hydrogens is 385 g/mol. The largest absolute Gasteiger partial charge is 0.321 e. The van der Waals surface area contributed by atoms with Crippen molar-refractivity contribution in [1.82, 2.24) is 0 Å². The molecule has 0 radical (unpaired) electrons. The lowest BCUT2D eigenvalue weighted by atomic mass is 10.0. The number of halogens is 1. The smallest absolute Gasteiger partial charge is 0.271 e. The number of non-ortho nitro benzene ring substituents is 1. The molecule has 7 heteroatoms. The maximum atomic E-state index is 13.8. The van der Waals surface area contributed by atoms with E-state index >= 15 is 0 Å². The average molecular weight is 401 g/mol. The fourth-order valence-electron chi connectivity index (χ4n) is 2.80. The van der Waals surface area contributed by atoms with Crippen LogP contribution in [0.4, 0.5) is 15.8 Å². The standard InChI is InChI=1S/C23H16FN3O3/c24-22-7-2-1-4-18(22)12-16-8-10-17(11-9-16)13-19(15-25)23(28)26-20-5-3-6-21(14-20)27(29)30/h1-11,13-14H,12H2,(H,26,28)/b19-13+. The second-order valence-corrected chi connectivity index (χ2v) is 6.44. The molecule has 1 N–H and O–H groups in total. The van der Waals surface area contributed by atoms with E-state index in [1.54, 1.807) is 42.5 Å². The molecule has 0 bridgehead atoms. The van der Waals surface area contributed by atoms with Gasteiger partial charge in [-0.1, -0.05) is 48.5 Å². The SMILES string of the molecule is N#C/C(=C\c1ccc(Cc2ccccc2F)cc1)C(=O)Nc1cccc([N+](=O)[O-])c1. The van der Waals surface area contributed by atoms with E-state index < -0.39 is 10.8 Å². The Morgan fingerprint density at radius 3 is 2.50 bits per heavy atom. The second-order valence-electron chi connectivity index (χ2n) is 6.44. The van der Waals surface area contributed by atoms with Crippen LogP contribution in [0.15, 0.2) is 78.4 Å². The Morgan fingerprint density at radius 2 is 1.83 bits per heavy atom. The molecule has 0 aliphatic rings. The Hall–Kier alpha value is -4.31. The van der Waals surface area contributed by atoms with Gasteiger partial charge in [-0.3, -0.25) is 14.9 Å². The van der Waals surface area contributed by atoms with E-state index in [-0.39, 0.29) is 22.8 Å². The van der Waals surface area contributed by atoms with Gasteiger partial charge in [-0.25, -0.2) is 4.39 Å². The monoisotopic (exact) mass is 401 g/mol. The average Bonchev–Trinajstić information content (AvgIpc) is 2.75. The number of hydrogen-bond donors (Lipinski definition) is 1. The molecule has 0 unspecified atom stereocenters. The van der Waals surface area contributed by atoms with E-state index in [1.165, 1.54) is 36.4 Å². The lowest BCUT2D eigenvalue weighted by molar-refractivity contribution is -0.384. The maximum absolute atomic E-state index is 13.8. The van der Waals surface area contributed by atoms with Crippen LogP contribution in [-0.2, 0) is 11.2 Å². The number of carbonyl (C=O) groups excluding carboxylic acids is 1. The first-order valence-electron chi connectivity index (χ1n) is 8.96. The number of amides is 1. The van der Waals surface area contributed by atoms with Crippen molar-refractivity contribution in [3.8, 4) is 6.07 Å². The lowest BCUT2D eigenvalue weighted by Gasteiger charge is -2.05. The van der Waals surface area contributed by atoms with Crippen molar-refractivity contribution in [2.45, 2.75) is 6.42 Å². The van der Waals surface area contributed by atoms with Crippen LogP contribution in [0.25, 0.3) is 6.08 Å². The summed E-state index contributed by atoms with van der Waals surface area (Å²) >= 11 is 0. The normalized spacial score (nSPS) is 10.9. The summed E-state index contributed by atoms with van der Waals surface area (Å²) in [6.07, 6.45) is 1.84.